The first kappa shape index (κ1) is 23.3. The van der Waals surface area contributed by atoms with Crippen LogP contribution >= 0.6 is 12.4 Å². The summed E-state index contributed by atoms with van der Waals surface area (Å²) in [7, 11) is 0.769. The molecular formula is C15H24ClN3O5S. The van der Waals surface area contributed by atoms with Crippen LogP contribution in [0.3, 0.4) is 0 Å². The fourth-order valence-electron chi connectivity index (χ4n) is 1.90. The third-order valence-corrected chi connectivity index (χ3v) is 5.60. The van der Waals surface area contributed by atoms with E-state index in [0.717, 1.165) is 4.31 Å². The summed E-state index contributed by atoms with van der Waals surface area (Å²) in [5, 5.41) is 11.5. The molecule has 0 aromatic heterocycles. The molecule has 0 fully saturated rings. The Labute approximate surface area is 154 Å². The van der Waals surface area contributed by atoms with Crippen LogP contribution in [-0.2, 0) is 19.6 Å². The van der Waals surface area contributed by atoms with Crippen molar-refractivity contribution in [1.29, 1.82) is 0 Å². The van der Waals surface area contributed by atoms with Gasteiger partial charge in [-0.15, -0.1) is 12.4 Å². The molecule has 0 heterocycles. The Morgan fingerprint density at radius 2 is 1.80 bits per heavy atom. The van der Waals surface area contributed by atoms with Gasteiger partial charge in [0.25, 0.3) is 0 Å². The first-order chi connectivity index (χ1) is 11.0. The van der Waals surface area contributed by atoms with Gasteiger partial charge in [-0.3, -0.25) is 14.5 Å². The predicted octanol–water partition coefficient (Wildman–Crippen LogP) is 1.01. The lowest BCUT2D eigenvalue weighted by Crippen LogP contribution is -2.40. The minimum Gasteiger partial charge on any atom is -0.480 e. The quantitative estimate of drug-likeness (QED) is 0.716. The van der Waals surface area contributed by atoms with Crippen molar-refractivity contribution in [3.05, 3.63) is 23.8 Å². The molecule has 0 saturated carbocycles. The molecule has 0 radical (unpaired) electrons. The molecule has 1 unspecified atom stereocenters. The molecule has 1 rings (SSSR count). The van der Waals surface area contributed by atoms with Crippen molar-refractivity contribution in [2.75, 3.05) is 33.0 Å². The Hall–Kier alpha value is -1.68. The molecule has 0 aliphatic rings. The lowest BCUT2D eigenvalue weighted by Gasteiger charge is -2.20. The summed E-state index contributed by atoms with van der Waals surface area (Å²) in [4.78, 5) is 24.4. The Morgan fingerprint density at radius 3 is 2.28 bits per heavy atom. The molecule has 2 N–H and O–H groups in total. The van der Waals surface area contributed by atoms with Gasteiger partial charge in [0.05, 0.1) is 11.4 Å². The molecule has 1 atom stereocenters. The number of hydrogen-bond acceptors (Lipinski definition) is 5. The number of carboxylic acids is 1. The van der Waals surface area contributed by atoms with Crippen molar-refractivity contribution in [2.45, 2.75) is 24.8 Å². The number of carboxylic acid groups (broad SMARTS) is 1. The number of rotatable bonds is 7. The first-order valence-corrected chi connectivity index (χ1v) is 8.67. The lowest BCUT2D eigenvalue weighted by molar-refractivity contribution is -0.142. The number of carbonyl (C=O) groups is 2. The number of benzene rings is 1. The van der Waals surface area contributed by atoms with Crippen LogP contribution < -0.4 is 5.32 Å². The fraction of sp³-hybridized carbons (Fsp3) is 0.467. The number of carbonyl (C=O) groups excluding carboxylic acids is 1. The van der Waals surface area contributed by atoms with Crippen molar-refractivity contribution in [1.82, 2.24) is 9.21 Å². The second-order valence-electron chi connectivity index (χ2n) is 5.75. The molecule has 25 heavy (non-hydrogen) atoms. The standard InChI is InChI=1S/C15H23N3O5S.ClH/c1-10-6-7-12(8-13(10)24(22,23)17(3)4)16-14(19)9-18(5)11(2)15(20)21;/h6-8,11H,9H2,1-5H3,(H,16,19)(H,20,21);1H. The zero-order valence-corrected chi connectivity index (χ0v) is 16.4. The van der Waals surface area contributed by atoms with E-state index < -0.39 is 27.9 Å². The maximum atomic E-state index is 12.3. The third-order valence-electron chi connectivity index (χ3n) is 3.64. The smallest absolute Gasteiger partial charge is 0.320 e. The van der Waals surface area contributed by atoms with Crippen molar-refractivity contribution >= 4 is 40.0 Å². The van der Waals surface area contributed by atoms with Crippen LogP contribution in [0.2, 0.25) is 0 Å². The molecule has 1 aromatic rings. The Morgan fingerprint density at radius 1 is 1.24 bits per heavy atom. The number of nitrogens with one attached hydrogen (secondary N) is 1. The maximum Gasteiger partial charge on any atom is 0.320 e. The molecule has 8 nitrogen and oxygen atoms in total. The van der Waals surface area contributed by atoms with Crippen LogP contribution in [0.1, 0.15) is 12.5 Å². The molecule has 142 valence electrons. The Kier molecular flexibility index (Phi) is 8.52. The second kappa shape index (κ2) is 9.14. The summed E-state index contributed by atoms with van der Waals surface area (Å²) in [5.41, 5.74) is 0.903. The summed E-state index contributed by atoms with van der Waals surface area (Å²) in [6.07, 6.45) is 0. The predicted molar refractivity (Wildman–Crippen MR) is 97.7 cm³/mol. The number of anilines is 1. The van der Waals surface area contributed by atoms with Crippen LogP contribution in [0.25, 0.3) is 0 Å². The molecule has 0 aliphatic carbocycles. The van der Waals surface area contributed by atoms with E-state index in [1.165, 1.54) is 39.0 Å². The van der Waals surface area contributed by atoms with E-state index in [2.05, 4.69) is 5.32 Å². The highest BCUT2D eigenvalue weighted by Gasteiger charge is 2.22. The lowest BCUT2D eigenvalue weighted by atomic mass is 10.2. The molecule has 10 heteroatoms. The monoisotopic (exact) mass is 393 g/mol. The van der Waals surface area contributed by atoms with E-state index in [0.29, 0.717) is 11.3 Å². The molecular weight excluding hydrogens is 370 g/mol. The largest absolute Gasteiger partial charge is 0.480 e. The van der Waals surface area contributed by atoms with Gasteiger partial charge in [-0.25, -0.2) is 12.7 Å². The average molecular weight is 394 g/mol. The number of halogens is 1. The summed E-state index contributed by atoms with van der Waals surface area (Å²) in [6, 6.07) is 3.79. The zero-order valence-electron chi connectivity index (χ0n) is 14.8. The normalized spacial score (nSPS) is 12.6. The highest BCUT2D eigenvalue weighted by Crippen LogP contribution is 2.22. The summed E-state index contributed by atoms with van der Waals surface area (Å²) in [6.45, 7) is 3.02. The summed E-state index contributed by atoms with van der Waals surface area (Å²) in [5.74, 6) is -1.46. The minimum atomic E-state index is -3.62. The number of likely N-dealkylation sites (N-methyl/N-ethyl adjacent to an activating group) is 1. The summed E-state index contributed by atoms with van der Waals surface area (Å²) >= 11 is 0. The molecule has 1 aromatic carbocycles. The number of nitrogens with zero attached hydrogens (tertiary/aromatic N) is 2. The maximum absolute atomic E-state index is 12.3. The van der Waals surface area contributed by atoms with Crippen LogP contribution in [0.4, 0.5) is 5.69 Å². The van der Waals surface area contributed by atoms with E-state index in [-0.39, 0.29) is 23.8 Å². The highest BCUT2D eigenvalue weighted by atomic mass is 35.5. The van der Waals surface area contributed by atoms with Crippen LogP contribution in [0.5, 0.6) is 0 Å². The molecule has 1 amide bonds. The molecule has 0 saturated heterocycles. The fourth-order valence-corrected chi connectivity index (χ4v) is 3.05. The van der Waals surface area contributed by atoms with Gasteiger partial charge in [-0.2, -0.15) is 0 Å². The SMILES string of the molecule is Cc1ccc(NC(=O)CN(C)C(C)C(=O)O)cc1S(=O)(=O)N(C)C.Cl. The van der Waals surface area contributed by atoms with E-state index in [1.807, 2.05) is 0 Å². The summed E-state index contributed by atoms with van der Waals surface area (Å²) < 4.78 is 25.6. The van der Waals surface area contributed by atoms with E-state index in [4.69, 9.17) is 5.11 Å². The van der Waals surface area contributed by atoms with E-state index in [1.54, 1.807) is 19.1 Å². The Bertz CT molecular complexity index is 737. The second-order valence-corrected chi connectivity index (χ2v) is 7.87. The first-order valence-electron chi connectivity index (χ1n) is 7.23. The van der Waals surface area contributed by atoms with Crippen LogP contribution in [-0.4, -0.2) is 68.3 Å². The zero-order chi connectivity index (χ0) is 18.7. The topological polar surface area (TPSA) is 107 Å². The van der Waals surface area contributed by atoms with Crippen molar-refractivity contribution in [3.8, 4) is 0 Å². The van der Waals surface area contributed by atoms with Gasteiger partial charge in [0, 0.05) is 19.8 Å². The van der Waals surface area contributed by atoms with Crippen LogP contribution in [0, 0.1) is 6.92 Å². The average Bonchev–Trinajstić information content (AvgIpc) is 2.47. The number of hydrogen-bond donors (Lipinski definition) is 2. The molecule has 0 bridgehead atoms. The number of sulfonamides is 1. The third kappa shape index (κ3) is 5.96. The van der Waals surface area contributed by atoms with Crippen molar-refractivity contribution in [2.24, 2.45) is 0 Å². The van der Waals surface area contributed by atoms with Crippen LogP contribution in [0.15, 0.2) is 23.1 Å². The number of amides is 1. The van der Waals surface area contributed by atoms with Gasteiger partial charge in [0.2, 0.25) is 15.9 Å². The van der Waals surface area contributed by atoms with Gasteiger partial charge in [-0.1, -0.05) is 6.07 Å². The minimum absolute atomic E-state index is 0. The Balaban J connectivity index is 0.00000576. The van der Waals surface area contributed by atoms with Gasteiger partial charge in [-0.05, 0) is 38.6 Å². The molecule has 0 spiro atoms. The number of aliphatic carboxylic acids is 1. The van der Waals surface area contributed by atoms with Gasteiger partial charge >= 0.3 is 5.97 Å². The van der Waals surface area contributed by atoms with Crippen molar-refractivity contribution < 1.29 is 23.1 Å². The van der Waals surface area contributed by atoms with Crippen molar-refractivity contribution in [3.63, 3.8) is 0 Å². The molecule has 0 aliphatic heterocycles. The van der Waals surface area contributed by atoms with E-state index >= 15 is 0 Å². The van der Waals surface area contributed by atoms with Gasteiger partial charge in [0.15, 0.2) is 0 Å². The van der Waals surface area contributed by atoms with Gasteiger partial charge in [0.1, 0.15) is 6.04 Å². The van der Waals surface area contributed by atoms with Gasteiger partial charge < -0.3 is 10.4 Å². The highest BCUT2D eigenvalue weighted by molar-refractivity contribution is 7.89. The number of aryl methyl sites for hydroxylation is 1. The van der Waals surface area contributed by atoms with E-state index in [9.17, 15) is 18.0 Å².